The highest BCUT2D eigenvalue weighted by atomic mass is 32.1. The number of hydrogen-bond acceptors (Lipinski definition) is 3. The number of thiophene rings is 1. The Hall–Kier alpha value is -1.39. The fraction of sp³-hybridized carbons (Fsp3) is 0.438. The van der Waals surface area contributed by atoms with Crippen molar-refractivity contribution in [1.82, 2.24) is 10.6 Å². The molecular weight excluding hydrogens is 268 g/mol. The van der Waals surface area contributed by atoms with Gasteiger partial charge in [0.2, 0.25) is 0 Å². The molecule has 4 heteroatoms. The van der Waals surface area contributed by atoms with E-state index >= 15 is 0 Å². The molecule has 2 saturated heterocycles. The fourth-order valence-electron chi connectivity index (χ4n) is 3.59. The van der Waals surface area contributed by atoms with E-state index in [0.717, 1.165) is 23.8 Å². The average molecular weight is 286 g/mol. The molecule has 2 N–H and O–H groups in total. The molecule has 104 valence electrons. The summed E-state index contributed by atoms with van der Waals surface area (Å²) in [5, 5.41) is 9.91. The minimum Gasteiger partial charge on any atom is -0.349 e. The van der Waals surface area contributed by atoms with Crippen LogP contribution in [-0.2, 0) is 0 Å². The summed E-state index contributed by atoms with van der Waals surface area (Å²) < 4.78 is 1.18. The van der Waals surface area contributed by atoms with Crippen molar-refractivity contribution in [1.29, 1.82) is 0 Å². The molecule has 3 heterocycles. The van der Waals surface area contributed by atoms with Crippen molar-refractivity contribution in [2.45, 2.75) is 43.8 Å². The molecule has 2 unspecified atom stereocenters. The molecule has 2 aromatic rings. The lowest BCUT2D eigenvalue weighted by atomic mass is 9.99. The van der Waals surface area contributed by atoms with Gasteiger partial charge in [-0.1, -0.05) is 18.2 Å². The van der Waals surface area contributed by atoms with Crippen LogP contribution in [-0.4, -0.2) is 24.0 Å². The van der Waals surface area contributed by atoms with Gasteiger partial charge in [0.15, 0.2) is 0 Å². The molecular formula is C16H18N2OS. The minimum absolute atomic E-state index is 0.0914. The molecule has 0 spiro atoms. The zero-order valence-corrected chi connectivity index (χ0v) is 12.1. The van der Waals surface area contributed by atoms with Crippen LogP contribution in [0.1, 0.15) is 36.0 Å². The number of piperidine rings is 1. The maximum atomic E-state index is 12.5. The van der Waals surface area contributed by atoms with Gasteiger partial charge >= 0.3 is 0 Å². The van der Waals surface area contributed by atoms with E-state index in [0.29, 0.717) is 18.1 Å². The van der Waals surface area contributed by atoms with Crippen LogP contribution >= 0.6 is 11.3 Å². The predicted molar refractivity (Wildman–Crippen MR) is 82.3 cm³/mol. The van der Waals surface area contributed by atoms with E-state index in [-0.39, 0.29) is 5.91 Å². The monoisotopic (exact) mass is 286 g/mol. The molecule has 2 bridgehead atoms. The lowest BCUT2D eigenvalue weighted by Crippen LogP contribution is -2.48. The molecule has 0 saturated carbocycles. The minimum atomic E-state index is 0.0914. The summed E-state index contributed by atoms with van der Waals surface area (Å²) in [7, 11) is 0. The smallest absolute Gasteiger partial charge is 0.252 e. The van der Waals surface area contributed by atoms with Crippen molar-refractivity contribution in [2.75, 3.05) is 0 Å². The predicted octanol–water partition coefficient (Wildman–Crippen LogP) is 2.91. The maximum Gasteiger partial charge on any atom is 0.252 e. The summed E-state index contributed by atoms with van der Waals surface area (Å²) in [5.74, 6) is 0.0914. The first kappa shape index (κ1) is 12.4. The summed E-state index contributed by atoms with van der Waals surface area (Å²) in [4.78, 5) is 12.5. The Bertz CT molecular complexity index is 639. The molecule has 0 radical (unpaired) electrons. The number of nitrogens with one attached hydrogen (secondary N) is 2. The topological polar surface area (TPSA) is 41.1 Å². The van der Waals surface area contributed by atoms with Crippen LogP contribution in [0.5, 0.6) is 0 Å². The average Bonchev–Trinajstić information content (AvgIpc) is 3.02. The Balaban J connectivity index is 1.53. The van der Waals surface area contributed by atoms with Crippen molar-refractivity contribution in [3.05, 3.63) is 35.2 Å². The summed E-state index contributed by atoms with van der Waals surface area (Å²) in [6, 6.07) is 9.67. The second-order valence-corrected chi connectivity index (χ2v) is 6.84. The van der Waals surface area contributed by atoms with Gasteiger partial charge in [-0.25, -0.2) is 0 Å². The largest absolute Gasteiger partial charge is 0.349 e. The van der Waals surface area contributed by atoms with Gasteiger partial charge in [-0.05, 0) is 31.7 Å². The molecule has 2 aliphatic heterocycles. The maximum absolute atomic E-state index is 12.5. The lowest BCUT2D eigenvalue weighted by molar-refractivity contribution is 0.0926. The summed E-state index contributed by atoms with van der Waals surface area (Å²) in [6.45, 7) is 0. The van der Waals surface area contributed by atoms with Crippen molar-refractivity contribution >= 4 is 27.3 Å². The van der Waals surface area contributed by atoms with Crippen LogP contribution in [0.3, 0.4) is 0 Å². The summed E-state index contributed by atoms with van der Waals surface area (Å²) in [6.07, 6.45) is 4.67. The van der Waals surface area contributed by atoms with Gasteiger partial charge < -0.3 is 10.6 Å². The highest BCUT2D eigenvalue weighted by Gasteiger charge is 2.34. The van der Waals surface area contributed by atoms with Crippen LogP contribution in [0.2, 0.25) is 0 Å². The Labute approximate surface area is 122 Å². The van der Waals surface area contributed by atoms with E-state index in [2.05, 4.69) is 16.7 Å². The zero-order valence-electron chi connectivity index (χ0n) is 11.3. The molecule has 2 aliphatic rings. The van der Waals surface area contributed by atoms with E-state index in [4.69, 9.17) is 0 Å². The third kappa shape index (κ3) is 2.13. The van der Waals surface area contributed by atoms with Crippen molar-refractivity contribution < 1.29 is 4.79 Å². The van der Waals surface area contributed by atoms with E-state index in [1.807, 2.05) is 23.6 Å². The molecule has 2 fully saturated rings. The normalized spacial score (nSPS) is 28.7. The van der Waals surface area contributed by atoms with Gasteiger partial charge in [-0.15, -0.1) is 11.3 Å². The second-order valence-electron chi connectivity index (χ2n) is 5.93. The SMILES string of the molecule is O=C(NC1CC2CCC(C1)N2)c1csc2ccccc12. The number of rotatable bonds is 2. The van der Waals surface area contributed by atoms with E-state index in [9.17, 15) is 4.79 Å². The van der Waals surface area contributed by atoms with Crippen LogP contribution < -0.4 is 10.6 Å². The Morgan fingerprint density at radius 3 is 2.75 bits per heavy atom. The lowest BCUT2D eigenvalue weighted by Gasteiger charge is -2.29. The highest BCUT2D eigenvalue weighted by molar-refractivity contribution is 7.17. The molecule has 0 aliphatic carbocycles. The Morgan fingerprint density at radius 2 is 1.95 bits per heavy atom. The first-order valence-corrected chi connectivity index (χ1v) is 8.21. The third-order valence-corrected chi connectivity index (χ3v) is 5.50. The summed E-state index contributed by atoms with van der Waals surface area (Å²) >= 11 is 1.64. The van der Waals surface area contributed by atoms with Crippen LogP contribution in [0, 0.1) is 0 Å². The number of fused-ring (bicyclic) bond motifs is 3. The van der Waals surface area contributed by atoms with Crippen LogP contribution in [0.4, 0.5) is 0 Å². The first-order valence-electron chi connectivity index (χ1n) is 7.33. The summed E-state index contributed by atoms with van der Waals surface area (Å²) in [5.41, 5.74) is 0.830. The number of benzene rings is 1. The van der Waals surface area contributed by atoms with E-state index in [1.165, 1.54) is 17.5 Å². The zero-order chi connectivity index (χ0) is 13.5. The number of amides is 1. The van der Waals surface area contributed by atoms with Crippen LogP contribution in [0.15, 0.2) is 29.6 Å². The number of hydrogen-bond donors (Lipinski definition) is 2. The quantitative estimate of drug-likeness (QED) is 0.891. The first-order chi connectivity index (χ1) is 9.79. The van der Waals surface area contributed by atoms with Gasteiger partial charge in [0.05, 0.1) is 5.56 Å². The molecule has 1 aromatic heterocycles. The van der Waals surface area contributed by atoms with E-state index < -0.39 is 0 Å². The van der Waals surface area contributed by atoms with Crippen molar-refractivity contribution in [2.24, 2.45) is 0 Å². The van der Waals surface area contributed by atoms with Crippen LogP contribution in [0.25, 0.3) is 10.1 Å². The molecule has 20 heavy (non-hydrogen) atoms. The molecule has 1 amide bonds. The standard InChI is InChI=1S/C16H18N2OS/c19-16(14-9-20-15-4-2-1-3-13(14)15)18-12-7-10-5-6-11(8-12)17-10/h1-4,9-12,17H,5-8H2,(H,18,19). The van der Waals surface area contributed by atoms with Crippen molar-refractivity contribution in [3.8, 4) is 0 Å². The number of carbonyl (C=O) groups is 1. The molecule has 2 atom stereocenters. The van der Waals surface area contributed by atoms with Gasteiger partial charge in [0.25, 0.3) is 5.91 Å². The molecule has 4 rings (SSSR count). The Kier molecular flexibility index (Phi) is 3.00. The highest BCUT2D eigenvalue weighted by Crippen LogP contribution is 2.28. The van der Waals surface area contributed by atoms with Gasteiger partial charge in [-0.3, -0.25) is 4.79 Å². The Morgan fingerprint density at radius 1 is 1.20 bits per heavy atom. The van der Waals surface area contributed by atoms with E-state index in [1.54, 1.807) is 11.3 Å². The fourth-order valence-corrected chi connectivity index (χ4v) is 4.53. The molecule has 3 nitrogen and oxygen atoms in total. The van der Waals surface area contributed by atoms with Crippen molar-refractivity contribution in [3.63, 3.8) is 0 Å². The van der Waals surface area contributed by atoms with Gasteiger partial charge in [0.1, 0.15) is 0 Å². The third-order valence-electron chi connectivity index (χ3n) is 4.53. The molecule has 1 aromatic carbocycles. The second kappa shape index (κ2) is 4.86. The van der Waals surface area contributed by atoms with Gasteiger partial charge in [0, 0.05) is 33.6 Å². The van der Waals surface area contributed by atoms with Gasteiger partial charge in [-0.2, -0.15) is 0 Å². The number of carbonyl (C=O) groups excluding carboxylic acids is 1.